The number of rotatable bonds is 7. The normalized spacial score (nSPS) is 13.5. The molecule has 8 nitrogen and oxygen atoms in total. The Balaban J connectivity index is 2.61. The van der Waals surface area contributed by atoms with E-state index in [1.165, 1.54) is 4.68 Å². The summed E-state index contributed by atoms with van der Waals surface area (Å²) in [5.74, 6) is 0. The van der Waals surface area contributed by atoms with Crippen LogP contribution in [-0.4, -0.2) is 49.7 Å². The van der Waals surface area contributed by atoms with Gasteiger partial charge in [-0.05, 0) is 27.7 Å². The maximum absolute atomic E-state index is 10.9. The van der Waals surface area contributed by atoms with E-state index < -0.39 is 16.6 Å². The minimum atomic E-state index is -0.850. The van der Waals surface area contributed by atoms with Crippen molar-refractivity contribution in [1.29, 1.82) is 0 Å². The fourth-order valence-electron chi connectivity index (χ4n) is 1.94. The van der Waals surface area contributed by atoms with E-state index in [9.17, 15) is 20.3 Å². The van der Waals surface area contributed by atoms with Gasteiger partial charge in [-0.15, -0.1) is 0 Å². The molecule has 1 aromatic rings. The molecule has 1 atom stereocenters. The van der Waals surface area contributed by atoms with Crippen LogP contribution in [0.4, 0.5) is 5.69 Å². The van der Waals surface area contributed by atoms with E-state index in [0.29, 0.717) is 17.9 Å². The maximum Gasteiger partial charge on any atom is 0.312 e. The second kappa shape index (κ2) is 6.29. The second-order valence-corrected chi connectivity index (χ2v) is 5.56. The molecule has 1 aromatic heterocycles. The van der Waals surface area contributed by atoms with Crippen LogP contribution >= 0.6 is 0 Å². The van der Waals surface area contributed by atoms with E-state index in [2.05, 4.69) is 10.4 Å². The van der Waals surface area contributed by atoms with Crippen molar-refractivity contribution in [2.45, 2.75) is 45.9 Å². The van der Waals surface area contributed by atoms with Crippen molar-refractivity contribution in [3.63, 3.8) is 0 Å². The lowest BCUT2D eigenvalue weighted by Gasteiger charge is -2.19. The van der Waals surface area contributed by atoms with E-state index in [-0.39, 0.29) is 18.8 Å². The Kier molecular flexibility index (Phi) is 5.21. The average molecular weight is 286 g/mol. The van der Waals surface area contributed by atoms with Gasteiger partial charge in [0.1, 0.15) is 11.4 Å². The summed E-state index contributed by atoms with van der Waals surface area (Å²) in [7, 11) is 0. The third kappa shape index (κ3) is 4.55. The highest BCUT2D eigenvalue weighted by molar-refractivity contribution is 5.39. The van der Waals surface area contributed by atoms with Crippen molar-refractivity contribution in [3.8, 4) is 0 Å². The minimum absolute atomic E-state index is 0.0124. The number of aliphatic hydroxyl groups excluding tert-OH is 1. The largest absolute Gasteiger partial charge is 0.390 e. The first kappa shape index (κ1) is 16.5. The molecule has 0 spiro atoms. The van der Waals surface area contributed by atoms with Gasteiger partial charge in [0.25, 0.3) is 0 Å². The molecule has 0 aromatic carbocycles. The number of hydrogen-bond acceptors (Lipinski definition) is 6. The zero-order chi connectivity index (χ0) is 15.5. The lowest BCUT2D eigenvalue weighted by molar-refractivity contribution is -0.386. The summed E-state index contributed by atoms with van der Waals surface area (Å²) < 4.78 is 1.43. The molecule has 0 saturated carbocycles. The summed E-state index contributed by atoms with van der Waals surface area (Å²) in [5, 5.41) is 37.3. The Morgan fingerprint density at radius 3 is 2.55 bits per heavy atom. The number of nitro groups is 1. The number of aliphatic hydroxyl groups is 2. The van der Waals surface area contributed by atoms with Crippen LogP contribution in [0, 0.1) is 24.0 Å². The first-order valence-corrected chi connectivity index (χ1v) is 6.41. The average Bonchev–Trinajstić information content (AvgIpc) is 2.51. The molecule has 20 heavy (non-hydrogen) atoms. The topological polar surface area (TPSA) is 113 Å². The molecule has 0 amide bonds. The number of hydrogen-bond donors (Lipinski definition) is 3. The van der Waals surface area contributed by atoms with Gasteiger partial charge in [0.15, 0.2) is 0 Å². The van der Waals surface area contributed by atoms with Crippen molar-refractivity contribution in [2.24, 2.45) is 0 Å². The lowest BCUT2D eigenvalue weighted by atomic mass is 10.1. The van der Waals surface area contributed by atoms with Gasteiger partial charge >= 0.3 is 5.69 Å². The molecular weight excluding hydrogens is 264 g/mol. The second-order valence-electron chi connectivity index (χ2n) is 5.56. The molecule has 1 rings (SSSR count). The summed E-state index contributed by atoms with van der Waals surface area (Å²) in [6.07, 6.45) is -0.741. The minimum Gasteiger partial charge on any atom is -0.390 e. The number of aryl methyl sites for hydroxylation is 1. The zero-order valence-electron chi connectivity index (χ0n) is 12.3. The summed E-state index contributed by atoms with van der Waals surface area (Å²) in [5.41, 5.74) is -0.101. The number of nitrogens with one attached hydrogen (secondary N) is 1. The van der Waals surface area contributed by atoms with Gasteiger partial charge in [-0.1, -0.05) is 0 Å². The Hall–Kier alpha value is -1.51. The molecule has 0 saturated heterocycles. The van der Waals surface area contributed by atoms with Gasteiger partial charge in [0.05, 0.1) is 23.2 Å². The van der Waals surface area contributed by atoms with E-state index >= 15 is 0 Å². The maximum atomic E-state index is 10.9. The van der Waals surface area contributed by atoms with Crippen LogP contribution in [0.15, 0.2) is 0 Å². The highest BCUT2D eigenvalue weighted by Crippen LogP contribution is 2.21. The molecular formula is C12H22N4O4. The number of aromatic nitrogens is 2. The molecule has 0 aliphatic carbocycles. The highest BCUT2D eigenvalue weighted by atomic mass is 16.6. The third-order valence-corrected chi connectivity index (χ3v) is 2.85. The van der Waals surface area contributed by atoms with Gasteiger partial charge in [-0.3, -0.25) is 14.8 Å². The molecule has 0 aliphatic rings. The van der Waals surface area contributed by atoms with E-state index in [1.807, 2.05) is 0 Å². The Morgan fingerprint density at radius 1 is 1.50 bits per heavy atom. The Bertz CT molecular complexity index is 479. The van der Waals surface area contributed by atoms with Crippen molar-refractivity contribution >= 4 is 5.69 Å². The quantitative estimate of drug-likeness (QED) is 0.485. The van der Waals surface area contributed by atoms with Crippen LogP contribution in [0.3, 0.4) is 0 Å². The molecule has 0 fully saturated rings. The van der Waals surface area contributed by atoms with E-state index in [1.54, 1.807) is 27.7 Å². The van der Waals surface area contributed by atoms with Crippen molar-refractivity contribution in [2.75, 3.05) is 13.1 Å². The summed E-state index contributed by atoms with van der Waals surface area (Å²) in [6, 6.07) is 0. The SMILES string of the molecule is Cc1nn(CC(O)CNCC(C)(C)O)c(C)c1[N+](=O)[O-]. The van der Waals surface area contributed by atoms with Crippen LogP contribution in [0.5, 0.6) is 0 Å². The Morgan fingerprint density at radius 2 is 2.10 bits per heavy atom. The predicted octanol–water partition coefficient (Wildman–Crippen LogP) is 0.130. The van der Waals surface area contributed by atoms with Gasteiger partial charge < -0.3 is 15.5 Å². The molecule has 114 valence electrons. The molecule has 0 aliphatic heterocycles. The van der Waals surface area contributed by atoms with Crippen LogP contribution in [-0.2, 0) is 6.54 Å². The summed E-state index contributed by atoms with van der Waals surface area (Å²) in [4.78, 5) is 10.4. The summed E-state index contributed by atoms with van der Waals surface area (Å²) >= 11 is 0. The van der Waals surface area contributed by atoms with Crippen molar-refractivity contribution < 1.29 is 15.1 Å². The number of nitrogens with zero attached hydrogens (tertiary/aromatic N) is 3. The molecule has 1 heterocycles. The zero-order valence-corrected chi connectivity index (χ0v) is 12.3. The predicted molar refractivity (Wildman–Crippen MR) is 73.5 cm³/mol. The van der Waals surface area contributed by atoms with Crippen molar-refractivity contribution in [3.05, 3.63) is 21.5 Å². The molecule has 8 heteroatoms. The van der Waals surface area contributed by atoms with Crippen LogP contribution in [0.25, 0.3) is 0 Å². The smallest absolute Gasteiger partial charge is 0.312 e. The van der Waals surface area contributed by atoms with Gasteiger partial charge in [-0.25, -0.2) is 0 Å². The van der Waals surface area contributed by atoms with Gasteiger partial charge in [-0.2, -0.15) is 5.10 Å². The fraction of sp³-hybridized carbons (Fsp3) is 0.750. The first-order chi connectivity index (χ1) is 9.11. The van der Waals surface area contributed by atoms with Crippen molar-refractivity contribution in [1.82, 2.24) is 15.1 Å². The fourth-order valence-corrected chi connectivity index (χ4v) is 1.94. The first-order valence-electron chi connectivity index (χ1n) is 6.41. The monoisotopic (exact) mass is 286 g/mol. The van der Waals surface area contributed by atoms with E-state index in [0.717, 1.165) is 0 Å². The molecule has 0 radical (unpaired) electrons. The third-order valence-electron chi connectivity index (χ3n) is 2.85. The van der Waals surface area contributed by atoms with Crippen LogP contribution in [0.2, 0.25) is 0 Å². The van der Waals surface area contributed by atoms with E-state index in [4.69, 9.17) is 0 Å². The standard InChI is InChI=1S/C12H22N4O4/c1-8-11(16(19)20)9(2)15(14-8)6-10(17)5-13-7-12(3,4)18/h10,13,17-18H,5-7H2,1-4H3. The van der Waals surface area contributed by atoms with Crippen LogP contribution in [0.1, 0.15) is 25.2 Å². The molecule has 1 unspecified atom stereocenters. The van der Waals surface area contributed by atoms with Crippen LogP contribution < -0.4 is 5.32 Å². The highest BCUT2D eigenvalue weighted by Gasteiger charge is 2.22. The Labute approximate surface area is 117 Å². The molecule has 3 N–H and O–H groups in total. The summed E-state index contributed by atoms with van der Waals surface area (Å²) in [6.45, 7) is 7.29. The lowest BCUT2D eigenvalue weighted by Crippen LogP contribution is -2.39. The van der Waals surface area contributed by atoms with Gasteiger partial charge in [0.2, 0.25) is 0 Å². The van der Waals surface area contributed by atoms with Gasteiger partial charge in [0, 0.05) is 13.1 Å². The molecule has 0 bridgehead atoms.